The maximum atomic E-state index is 4.51. The first kappa shape index (κ1) is 16.9. The molecule has 6 heteroatoms. The van der Waals surface area contributed by atoms with Crippen LogP contribution in [-0.4, -0.2) is 52.3 Å². The molecule has 0 aromatic carbocycles. The molecule has 0 unspecified atom stereocenters. The molecule has 1 aliphatic carbocycles. The Balaban J connectivity index is 1.24. The normalized spacial score (nSPS) is 22.6. The molecule has 25 heavy (non-hydrogen) atoms. The lowest BCUT2D eigenvalue weighted by Gasteiger charge is -2.38. The zero-order valence-corrected chi connectivity index (χ0v) is 15.6. The van der Waals surface area contributed by atoms with Crippen LogP contribution < -0.4 is 5.32 Å². The van der Waals surface area contributed by atoms with Crippen LogP contribution in [0.2, 0.25) is 0 Å². The van der Waals surface area contributed by atoms with Crippen LogP contribution in [0.25, 0.3) is 0 Å². The van der Waals surface area contributed by atoms with Crippen molar-refractivity contribution in [3.05, 3.63) is 11.6 Å². The Bertz CT molecular complexity index is 615. The van der Waals surface area contributed by atoms with Crippen LogP contribution in [0.3, 0.4) is 0 Å². The van der Waals surface area contributed by atoms with E-state index in [1.54, 1.807) is 0 Å². The van der Waals surface area contributed by atoms with E-state index in [1.807, 2.05) is 7.05 Å². The molecule has 0 bridgehead atoms. The summed E-state index contributed by atoms with van der Waals surface area (Å²) >= 11 is 0. The van der Waals surface area contributed by atoms with Gasteiger partial charge >= 0.3 is 0 Å². The summed E-state index contributed by atoms with van der Waals surface area (Å²) in [5.74, 6) is 3.45. The smallest absolute Gasteiger partial charge is 0.193 e. The first-order chi connectivity index (χ1) is 12.3. The van der Waals surface area contributed by atoms with E-state index in [0.29, 0.717) is 5.41 Å². The first-order valence-corrected chi connectivity index (χ1v) is 10.2. The summed E-state index contributed by atoms with van der Waals surface area (Å²) in [6.45, 7) is 4.42. The van der Waals surface area contributed by atoms with Crippen LogP contribution in [0, 0.1) is 5.41 Å². The van der Waals surface area contributed by atoms with Crippen LogP contribution in [0.15, 0.2) is 4.99 Å². The van der Waals surface area contributed by atoms with E-state index in [4.69, 9.17) is 0 Å². The van der Waals surface area contributed by atoms with Gasteiger partial charge in [-0.05, 0) is 43.9 Å². The number of nitrogens with one attached hydrogen (secondary N) is 1. The SMILES string of the molecule is CN=C(NCCCc1nnc2n1CCCCC2)N1CCC2(CCC2)C1. The second-order valence-electron chi connectivity index (χ2n) is 8.10. The van der Waals surface area contributed by atoms with E-state index >= 15 is 0 Å². The average molecular weight is 345 g/mol. The van der Waals surface area contributed by atoms with Crippen molar-refractivity contribution in [2.24, 2.45) is 10.4 Å². The van der Waals surface area contributed by atoms with Crippen molar-refractivity contribution in [3.63, 3.8) is 0 Å². The second-order valence-corrected chi connectivity index (χ2v) is 8.10. The molecule has 138 valence electrons. The second kappa shape index (κ2) is 7.34. The number of hydrogen-bond donors (Lipinski definition) is 1. The summed E-state index contributed by atoms with van der Waals surface area (Å²) in [4.78, 5) is 6.97. The summed E-state index contributed by atoms with van der Waals surface area (Å²) < 4.78 is 2.36. The van der Waals surface area contributed by atoms with Crippen molar-refractivity contribution in [2.45, 2.75) is 70.8 Å². The number of fused-ring (bicyclic) bond motifs is 1. The highest BCUT2D eigenvalue weighted by atomic mass is 15.3. The minimum absolute atomic E-state index is 0.622. The fourth-order valence-electron chi connectivity index (χ4n) is 4.71. The predicted octanol–water partition coefficient (Wildman–Crippen LogP) is 2.39. The largest absolute Gasteiger partial charge is 0.356 e. The third kappa shape index (κ3) is 3.53. The van der Waals surface area contributed by atoms with Gasteiger partial charge in [0.05, 0.1) is 0 Å². The molecule has 3 aliphatic rings. The maximum absolute atomic E-state index is 4.51. The number of guanidine groups is 1. The van der Waals surface area contributed by atoms with Gasteiger partial charge in [-0.3, -0.25) is 4.99 Å². The van der Waals surface area contributed by atoms with Crippen LogP contribution >= 0.6 is 0 Å². The Morgan fingerprint density at radius 3 is 2.80 bits per heavy atom. The lowest BCUT2D eigenvalue weighted by Crippen LogP contribution is -2.42. The molecule has 4 rings (SSSR count). The summed E-state index contributed by atoms with van der Waals surface area (Å²) in [5.41, 5.74) is 0.622. The molecule has 3 heterocycles. The molecule has 1 saturated heterocycles. The van der Waals surface area contributed by atoms with Gasteiger partial charge in [0.2, 0.25) is 0 Å². The third-order valence-electron chi connectivity index (χ3n) is 6.41. The molecular weight excluding hydrogens is 312 g/mol. The first-order valence-electron chi connectivity index (χ1n) is 10.2. The fraction of sp³-hybridized carbons (Fsp3) is 0.842. The molecule has 1 aromatic heterocycles. The molecule has 0 amide bonds. The molecular formula is C19H32N6. The van der Waals surface area contributed by atoms with E-state index in [0.717, 1.165) is 44.9 Å². The Labute approximate surface area is 151 Å². The van der Waals surface area contributed by atoms with Crippen molar-refractivity contribution in [3.8, 4) is 0 Å². The van der Waals surface area contributed by atoms with Crippen LogP contribution in [0.5, 0.6) is 0 Å². The van der Waals surface area contributed by atoms with Gasteiger partial charge in [0.25, 0.3) is 0 Å². The lowest BCUT2D eigenvalue weighted by molar-refractivity contribution is 0.151. The van der Waals surface area contributed by atoms with Crippen molar-refractivity contribution in [1.82, 2.24) is 25.0 Å². The quantitative estimate of drug-likeness (QED) is 0.518. The Morgan fingerprint density at radius 2 is 2.04 bits per heavy atom. The van der Waals surface area contributed by atoms with Gasteiger partial charge in [0.1, 0.15) is 11.6 Å². The summed E-state index contributed by atoms with van der Waals surface area (Å²) in [6.07, 6.45) is 12.6. The number of aromatic nitrogens is 3. The van der Waals surface area contributed by atoms with Gasteiger partial charge in [0, 0.05) is 46.1 Å². The highest BCUT2D eigenvalue weighted by Crippen LogP contribution is 2.47. The molecule has 0 radical (unpaired) electrons. The number of rotatable bonds is 4. The van der Waals surface area contributed by atoms with Crippen molar-refractivity contribution < 1.29 is 0 Å². The molecule has 1 aromatic rings. The van der Waals surface area contributed by atoms with E-state index in [-0.39, 0.29) is 0 Å². The highest BCUT2D eigenvalue weighted by molar-refractivity contribution is 5.80. The predicted molar refractivity (Wildman–Crippen MR) is 99.7 cm³/mol. The summed E-state index contributed by atoms with van der Waals surface area (Å²) in [6, 6.07) is 0. The third-order valence-corrected chi connectivity index (χ3v) is 6.41. The van der Waals surface area contributed by atoms with Gasteiger partial charge in [-0.2, -0.15) is 0 Å². The zero-order valence-electron chi connectivity index (χ0n) is 15.6. The molecule has 2 fully saturated rings. The summed E-state index contributed by atoms with van der Waals surface area (Å²) in [7, 11) is 1.91. The topological polar surface area (TPSA) is 58.3 Å². The molecule has 2 aliphatic heterocycles. The molecule has 1 N–H and O–H groups in total. The number of aliphatic imine (C=N–C) groups is 1. The van der Waals surface area contributed by atoms with E-state index in [9.17, 15) is 0 Å². The summed E-state index contributed by atoms with van der Waals surface area (Å²) in [5, 5.41) is 12.4. The molecule has 0 atom stereocenters. The molecule has 6 nitrogen and oxygen atoms in total. The van der Waals surface area contributed by atoms with Gasteiger partial charge < -0.3 is 14.8 Å². The minimum Gasteiger partial charge on any atom is -0.356 e. The number of likely N-dealkylation sites (tertiary alicyclic amines) is 1. The van der Waals surface area contributed by atoms with Crippen molar-refractivity contribution >= 4 is 5.96 Å². The average Bonchev–Trinajstić information content (AvgIpc) is 3.13. The molecule has 1 spiro atoms. The van der Waals surface area contributed by atoms with Gasteiger partial charge in [-0.15, -0.1) is 10.2 Å². The van der Waals surface area contributed by atoms with Crippen molar-refractivity contribution in [2.75, 3.05) is 26.7 Å². The standard InChI is InChI=1S/C19H32N6/c1-20-18(24-14-11-19(15-24)9-6-10-19)21-12-5-8-17-23-22-16-7-3-2-4-13-25(16)17/h2-15H2,1H3,(H,20,21). The van der Waals surface area contributed by atoms with Gasteiger partial charge in [0.15, 0.2) is 5.96 Å². The van der Waals surface area contributed by atoms with Crippen molar-refractivity contribution in [1.29, 1.82) is 0 Å². The number of aryl methyl sites for hydroxylation is 2. The number of nitrogens with zero attached hydrogens (tertiary/aromatic N) is 5. The Morgan fingerprint density at radius 1 is 1.12 bits per heavy atom. The zero-order chi connectivity index (χ0) is 17.1. The lowest BCUT2D eigenvalue weighted by atomic mass is 9.68. The van der Waals surface area contributed by atoms with E-state index < -0.39 is 0 Å². The Kier molecular flexibility index (Phi) is 4.95. The van der Waals surface area contributed by atoms with Gasteiger partial charge in [-0.25, -0.2) is 0 Å². The maximum Gasteiger partial charge on any atom is 0.193 e. The van der Waals surface area contributed by atoms with Crippen LogP contribution in [0.1, 0.15) is 63.0 Å². The van der Waals surface area contributed by atoms with E-state index in [2.05, 4.69) is 30.0 Å². The van der Waals surface area contributed by atoms with Crippen LogP contribution in [-0.2, 0) is 19.4 Å². The Hall–Kier alpha value is -1.59. The highest BCUT2D eigenvalue weighted by Gasteiger charge is 2.43. The fourth-order valence-corrected chi connectivity index (χ4v) is 4.71. The van der Waals surface area contributed by atoms with E-state index in [1.165, 1.54) is 63.1 Å². The minimum atomic E-state index is 0.622. The molecule has 1 saturated carbocycles. The monoisotopic (exact) mass is 344 g/mol. The number of hydrogen-bond acceptors (Lipinski definition) is 3. The van der Waals surface area contributed by atoms with Crippen LogP contribution in [0.4, 0.5) is 0 Å². The van der Waals surface area contributed by atoms with Gasteiger partial charge in [-0.1, -0.05) is 12.8 Å².